The van der Waals surface area contributed by atoms with Crippen molar-refractivity contribution in [3.05, 3.63) is 29.3 Å². The van der Waals surface area contributed by atoms with E-state index in [9.17, 15) is 0 Å². The predicted molar refractivity (Wildman–Crippen MR) is 53.2 cm³/mol. The van der Waals surface area contributed by atoms with Crippen molar-refractivity contribution < 1.29 is 0 Å². The lowest BCUT2D eigenvalue weighted by Gasteiger charge is -2.06. The first-order valence-electron chi connectivity index (χ1n) is 3.99. The molecule has 0 saturated heterocycles. The van der Waals surface area contributed by atoms with Crippen LogP contribution in [0.5, 0.6) is 0 Å². The lowest BCUT2D eigenvalue weighted by Crippen LogP contribution is -1.98. The molecule has 2 N–H and O–H groups in total. The highest BCUT2D eigenvalue weighted by Crippen LogP contribution is 2.14. The molecule has 0 heterocycles. The third-order valence-electron chi connectivity index (χ3n) is 1.93. The van der Waals surface area contributed by atoms with Crippen molar-refractivity contribution in [2.75, 3.05) is 12.4 Å². The topological polar surface area (TPSA) is 35.9 Å². The second-order valence-electron chi connectivity index (χ2n) is 2.90. The van der Waals surface area contributed by atoms with Crippen LogP contribution in [0, 0.1) is 12.3 Å². The molecule has 0 aromatic heterocycles. The summed E-state index contributed by atoms with van der Waals surface area (Å²) in [5.41, 5.74) is 3.84. The van der Waals surface area contributed by atoms with Crippen molar-refractivity contribution >= 4 is 11.4 Å². The van der Waals surface area contributed by atoms with E-state index < -0.39 is 0 Å². The number of nitrogens with one attached hydrogen (secondary N) is 2. The van der Waals surface area contributed by atoms with Crippen LogP contribution >= 0.6 is 0 Å². The highest BCUT2D eigenvalue weighted by atomic mass is 14.8. The molecule has 1 aromatic rings. The van der Waals surface area contributed by atoms with Crippen LogP contribution in [0.4, 0.5) is 5.69 Å². The van der Waals surface area contributed by atoms with Crippen molar-refractivity contribution in [1.29, 1.82) is 5.41 Å². The minimum atomic E-state index is 0.615. The van der Waals surface area contributed by atoms with Crippen LogP contribution in [0.1, 0.15) is 18.1 Å². The molecule has 0 radical (unpaired) electrons. The summed E-state index contributed by atoms with van der Waals surface area (Å²) in [5.74, 6) is 0. The summed E-state index contributed by atoms with van der Waals surface area (Å²) < 4.78 is 0. The second-order valence-corrected chi connectivity index (χ2v) is 2.90. The minimum absolute atomic E-state index is 0.615. The first-order valence-corrected chi connectivity index (χ1v) is 3.99. The third kappa shape index (κ3) is 1.64. The zero-order valence-corrected chi connectivity index (χ0v) is 7.73. The summed E-state index contributed by atoms with van der Waals surface area (Å²) in [4.78, 5) is 0. The number of hydrogen-bond acceptors (Lipinski definition) is 2. The van der Waals surface area contributed by atoms with E-state index >= 15 is 0 Å². The second kappa shape index (κ2) is 3.39. The summed E-state index contributed by atoms with van der Waals surface area (Å²) in [5, 5.41) is 10.6. The standard InChI is InChI=1S/C10H14N2/c1-7-4-5-9(12-3)6-10(7)8(2)11/h4-6,11-12H,1-3H3. The van der Waals surface area contributed by atoms with Gasteiger partial charge in [-0.1, -0.05) is 6.07 Å². The smallest absolute Gasteiger partial charge is 0.0358 e. The molecule has 0 spiro atoms. The molecule has 64 valence electrons. The fourth-order valence-corrected chi connectivity index (χ4v) is 1.18. The third-order valence-corrected chi connectivity index (χ3v) is 1.93. The van der Waals surface area contributed by atoms with Gasteiger partial charge in [-0.25, -0.2) is 0 Å². The van der Waals surface area contributed by atoms with Crippen molar-refractivity contribution in [2.24, 2.45) is 0 Å². The fourth-order valence-electron chi connectivity index (χ4n) is 1.18. The Bertz CT molecular complexity index is 303. The molecule has 0 aliphatic carbocycles. The number of anilines is 1. The minimum Gasteiger partial charge on any atom is -0.388 e. The number of hydrogen-bond donors (Lipinski definition) is 2. The van der Waals surface area contributed by atoms with E-state index in [0.717, 1.165) is 16.8 Å². The largest absolute Gasteiger partial charge is 0.388 e. The molecule has 0 aliphatic heterocycles. The van der Waals surface area contributed by atoms with Crippen LogP contribution in [-0.4, -0.2) is 12.8 Å². The Morgan fingerprint density at radius 1 is 1.42 bits per heavy atom. The maximum Gasteiger partial charge on any atom is 0.0358 e. The van der Waals surface area contributed by atoms with Gasteiger partial charge in [0.05, 0.1) is 0 Å². The molecule has 12 heavy (non-hydrogen) atoms. The van der Waals surface area contributed by atoms with E-state index in [1.54, 1.807) is 0 Å². The number of aryl methyl sites for hydroxylation is 1. The maximum atomic E-state index is 7.52. The van der Waals surface area contributed by atoms with Crippen LogP contribution in [0.25, 0.3) is 0 Å². The average Bonchev–Trinajstić information content (AvgIpc) is 2.05. The Morgan fingerprint density at radius 2 is 2.08 bits per heavy atom. The van der Waals surface area contributed by atoms with Crippen LogP contribution in [0.3, 0.4) is 0 Å². The van der Waals surface area contributed by atoms with Crippen LogP contribution in [-0.2, 0) is 0 Å². The van der Waals surface area contributed by atoms with Gasteiger partial charge in [-0.05, 0) is 37.1 Å². The predicted octanol–water partition coefficient (Wildman–Crippen LogP) is 2.42. The van der Waals surface area contributed by atoms with Gasteiger partial charge in [0.1, 0.15) is 0 Å². The van der Waals surface area contributed by atoms with Gasteiger partial charge in [0.25, 0.3) is 0 Å². The summed E-state index contributed by atoms with van der Waals surface area (Å²) >= 11 is 0. The Labute approximate surface area is 73.1 Å². The van der Waals surface area contributed by atoms with Crippen LogP contribution in [0.15, 0.2) is 18.2 Å². The molecule has 0 aliphatic rings. The van der Waals surface area contributed by atoms with Crippen LogP contribution in [0.2, 0.25) is 0 Å². The van der Waals surface area contributed by atoms with Crippen molar-refractivity contribution in [3.63, 3.8) is 0 Å². The highest BCUT2D eigenvalue weighted by molar-refractivity contribution is 5.98. The molecule has 2 nitrogen and oxygen atoms in total. The van der Waals surface area contributed by atoms with E-state index in [0.29, 0.717) is 5.71 Å². The van der Waals surface area contributed by atoms with Crippen molar-refractivity contribution in [1.82, 2.24) is 0 Å². The Kier molecular flexibility index (Phi) is 2.48. The quantitative estimate of drug-likeness (QED) is 0.644. The first kappa shape index (κ1) is 8.78. The normalized spacial score (nSPS) is 9.58. The molecular weight excluding hydrogens is 148 g/mol. The first-order chi connectivity index (χ1) is 5.65. The molecule has 0 saturated carbocycles. The monoisotopic (exact) mass is 162 g/mol. The molecule has 0 amide bonds. The molecule has 0 atom stereocenters. The highest BCUT2D eigenvalue weighted by Gasteiger charge is 2.00. The summed E-state index contributed by atoms with van der Waals surface area (Å²) in [6.45, 7) is 3.83. The van der Waals surface area contributed by atoms with Gasteiger partial charge in [0.2, 0.25) is 0 Å². The van der Waals surface area contributed by atoms with Gasteiger partial charge in [0.15, 0.2) is 0 Å². The summed E-state index contributed by atoms with van der Waals surface area (Å²) in [6.07, 6.45) is 0. The van der Waals surface area contributed by atoms with Gasteiger partial charge in [-0.15, -0.1) is 0 Å². The zero-order chi connectivity index (χ0) is 9.14. The molecule has 0 fully saturated rings. The molecular formula is C10H14N2. The lowest BCUT2D eigenvalue weighted by atomic mass is 10.0. The van der Waals surface area contributed by atoms with E-state index in [2.05, 4.69) is 5.32 Å². The van der Waals surface area contributed by atoms with Crippen molar-refractivity contribution in [3.8, 4) is 0 Å². The molecule has 0 unspecified atom stereocenters. The van der Waals surface area contributed by atoms with E-state index in [1.807, 2.05) is 39.1 Å². The Balaban J connectivity index is 3.17. The molecule has 1 aromatic carbocycles. The van der Waals surface area contributed by atoms with Gasteiger partial charge in [0, 0.05) is 18.4 Å². The van der Waals surface area contributed by atoms with E-state index in [1.165, 1.54) is 0 Å². The SMILES string of the molecule is CNc1ccc(C)c(C(C)=N)c1. The van der Waals surface area contributed by atoms with Gasteiger partial charge in [-0.3, -0.25) is 0 Å². The summed E-state index contributed by atoms with van der Waals surface area (Å²) in [6, 6.07) is 6.04. The molecule has 0 bridgehead atoms. The number of benzene rings is 1. The van der Waals surface area contributed by atoms with Crippen molar-refractivity contribution in [2.45, 2.75) is 13.8 Å². The Hall–Kier alpha value is -1.31. The average molecular weight is 162 g/mol. The number of rotatable bonds is 2. The molecule has 1 rings (SSSR count). The zero-order valence-electron chi connectivity index (χ0n) is 7.73. The van der Waals surface area contributed by atoms with Crippen LogP contribution < -0.4 is 5.32 Å². The van der Waals surface area contributed by atoms with Gasteiger partial charge >= 0.3 is 0 Å². The van der Waals surface area contributed by atoms with Gasteiger partial charge < -0.3 is 10.7 Å². The maximum absolute atomic E-state index is 7.52. The van der Waals surface area contributed by atoms with Gasteiger partial charge in [-0.2, -0.15) is 0 Å². The summed E-state index contributed by atoms with van der Waals surface area (Å²) in [7, 11) is 1.88. The lowest BCUT2D eigenvalue weighted by molar-refractivity contribution is 1.37. The molecule has 2 heteroatoms. The van der Waals surface area contributed by atoms with E-state index in [4.69, 9.17) is 5.41 Å². The fraction of sp³-hybridized carbons (Fsp3) is 0.300. The van der Waals surface area contributed by atoms with E-state index in [-0.39, 0.29) is 0 Å². The Morgan fingerprint density at radius 3 is 2.58 bits per heavy atom.